The van der Waals surface area contributed by atoms with Crippen LogP contribution in [0.25, 0.3) is 0 Å². The molecule has 0 unspecified atom stereocenters. The van der Waals surface area contributed by atoms with Crippen molar-refractivity contribution in [2.24, 2.45) is 5.10 Å². The van der Waals surface area contributed by atoms with Gasteiger partial charge in [-0.3, -0.25) is 0 Å². The highest BCUT2D eigenvalue weighted by Gasteiger charge is 2.19. The molecule has 2 heterocycles. The minimum absolute atomic E-state index is 0.158. The number of methoxy groups -OCH3 is 2. The van der Waals surface area contributed by atoms with Crippen molar-refractivity contribution in [1.29, 1.82) is 0 Å². The highest BCUT2D eigenvalue weighted by atomic mass is 32.1. The Balaban J connectivity index is 1.54. The first-order valence-electron chi connectivity index (χ1n) is 8.63. The predicted octanol–water partition coefficient (Wildman–Crippen LogP) is 3.15. The number of hydrogen-bond donors (Lipinski definition) is 1. The van der Waals surface area contributed by atoms with Crippen LogP contribution in [0.3, 0.4) is 0 Å². The number of ether oxygens (including phenoxy) is 5. The Morgan fingerprint density at radius 3 is 2.90 bits per heavy atom. The number of nitrogens with one attached hydrogen (secondary N) is 1. The third-order valence-electron chi connectivity index (χ3n) is 4.13. The van der Waals surface area contributed by atoms with E-state index in [0.29, 0.717) is 39.3 Å². The van der Waals surface area contributed by atoms with Crippen molar-refractivity contribution < 1.29 is 23.7 Å². The number of nitrogens with zero attached hydrogens (tertiary/aromatic N) is 3. The molecule has 1 N–H and O–H groups in total. The number of H-pyrrole nitrogens is 1. The number of aromatic nitrogens is 3. The molecule has 0 atom stereocenters. The maximum absolute atomic E-state index is 5.78. The molecule has 0 bridgehead atoms. The highest BCUT2D eigenvalue weighted by molar-refractivity contribution is 7.71. The van der Waals surface area contributed by atoms with Gasteiger partial charge in [0.05, 0.1) is 20.4 Å². The van der Waals surface area contributed by atoms with Gasteiger partial charge in [-0.2, -0.15) is 14.9 Å². The van der Waals surface area contributed by atoms with Crippen LogP contribution < -0.4 is 23.7 Å². The zero-order valence-corrected chi connectivity index (χ0v) is 16.6. The van der Waals surface area contributed by atoms with Gasteiger partial charge in [0.2, 0.25) is 17.3 Å². The van der Waals surface area contributed by atoms with Crippen molar-refractivity contribution >= 4 is 18.4 Å². The van der Waals surface area contributed by atoms with Gasteiger partial charge in [0.15, 0.2) is 17.3 Å². The van der Waals surface area contributed by atoms with Gasteiger partial charge >= 0.3 is 0 Å². The van der Waals surface area contributed by atoms with E-state index >= 15 is 0 Å². The van der Waals surface area contributed by atoms with Crippen molar-refractivity contribution in [3.05, 3.63) is 52.6 Å². The number of rotatable bonds is 7. The minimum Gasteiger partial charge on any atom is -0.497 e. The molecular formula is C19H18N4O5S. The fourth-order valence-electron chi connectivity index (χ4n) is 2.72. The van der Waals surface area contributed by atoms with Gasteiger partial charge in [0.25, 0.3) is 0 Å². The van der Waals surface area contributed by atoms with E-state index in [2.05, 4.69) is 15.3 Å². The highest BCUT2D eigenvalue weighted by Crippen LogP contribution is 2.41. The van der Waals surface area contributed by atoms with Gasteiger partial charge < -0.3 is 23.7 Å². The number of benzene rings is 2. The summed E-state index contributed by atoms with van der Waals surface area (Å²) < 4.78 is 29.0. The monoisotopic (exact) mass is 414 g/mol. The summed E-state index contributed by atoms with van der Waals surface area (Å²) in [7, 11) is 3.17. The molecule has 9 nitrogen and oxygen atoms in total. The molecule has 0 saturated heterocycles. The average Bonchev–Trinajstić information content (AvgIpc) is 3.36. The normalized spacial score (nSPS) is 12.3. The molecular weight excluding hydrogens is 396 g/mol. The molecule has 29 heavy (non-hydrogen) atoms. The molecule has 0 spiro atoms. The lowest BCUT2D eigenvalue weighted by Gasteiger charge is -2.07. The Morgan fingerprint density at radius 1 is 1.21 bits per heavy atom. The second-order valence-corrected chi connectivity index (χ2v) is 6.31. The van der Waals surface area contributed by atoms with Crippen LogP contribution in [-0.2, 0) is 6.61 Å². The quantitative estimate of drug-likeness (QED) is 0.469. The maximum atomic E-state index is 5.78. The first kappa shape index (κ1) is 18.8. The summed E-state index contributed by atoms with van der Waals surface area (Å²) in [5.41, 5.74) is 0.758. The van der Waals surface area contributed by atoms with Crippen LogP contribution >= 0.6 is 12.2 Å². The van der Waals surface area contributed by atoms with Crippen LogP contribution in [0.1, 0.15) is 11.4 Å². The molecule has 0 amide bonds. The molecule has 150 valence electrons. The van der Waals surface area contributed by atoms with Gasteiger partial charge in [-0.15, -0.1) is 0 Å². The number of hydrogen-bond acceptors (Lipinski definition) is 8. The molecule has 4 rings (SSSR count). The van der Waals surface area contributed by atoms with Crippen LogP contribution in [0.4, 0.5) is 0 Å². The van der Waals surface area contributed by atoms with Gasteiger partial charge in [0, 0.05) is 11.6 Å². The molecule has 0 aliphatic carbocycles. The summed E-state index contributed by atoms with van der Waals surface area (Å²) in [5.74, 6) is 3.62. The molecule has 3 aromatic rings. The lowest BCUT2D eigenvalue weighted by atomic mass is 10.2. The Morgan fingerprint density at radius 2 is 2.07 bits per heavy atom. The van der Waals surface area contributed by atoms with Crippen LogP contribution in [0, 0.1) is 4.77 Å². The third-order valence-corrected chi connectivity index (χ3v) is 4.39. The fraction of sp³-hybridized carbons (Fsp3) is 0.211. The minimum atomic E-state index is 0.158. The number of fused-ring (bicyclic) bond motifs is 1. The van der Waals surface area contributed by atoms with Crippen molar-refractivity contribution in [3.8, 4) is 28.7 Å². The van der Waals surface area contributed by atoms with Gasteiger partial charge in [-0.25, -0.2) is 5.10 Å². The summed E-state index contributed by atoms with van der Waals surface area (Å²) in [4.78, 5) is 0. The second kappa shape index (κ2) is 8.23. The average molecular weight is 414 g/mol. The first-order chi connectivity index (χ1) is 14.2. The zero-order chi connectivity index (χ0) is 20.2. The summed E-state index contributed by atoms with van der Waals surface area (Å²) in [6, 6.07) is 10.9. The Kier molecular flexibility index (Phi) is 5.34. The van der Waals surface area contributed by atoms with Crippen LogP contribution in [0.5, 0.6) is 28.7 Å². The number of aromatic amines is 1. The van der Waals surface area contributed by atoms with E-state index in [-0.39, 0.29) is 13.4 Å². The van der Waals surface area contributed by atoms with Crippen molar-refractivity contribution in [2.75, 3.05) is 21.0 Å². The molecule has 1 aromatic heterocycles. The van der Waals surface area contributed by atoms with Crippen molar-refractivity contribution in [3.63, 3.8) is 0 Å². The van der Waals surface area contributed by atoms with E-state index in [1.807, 2.05) is 24.3 Å². The van der Waals surface area contributed by atoms with Crippen molar-refractivity contribution in [2.45, 2.75) is 6.61 Å². The molecule has 2 aromatic carbocycles. The molecule has 0 radical (unpaired) electrons. The lowest BCUT2D eigenvalue weighted by Crippen LogP contribution is -2.04. The zero-order valence-electron chi connectivity index (χ0n) is 15.7. The van der Waals surface area contributed by atoms with E-state index in [9.17, 15) is 0 Å². The topological polar surface area (TPSA) is 92.1 Å². The molecule has 0 fully saturated rings. The smallest absolute Gasteiger partial charge is 0.231 e. The van der Waals surface area contributed by atoms with Crippen molar-refractivity contribution in [1.82, 2.24) is 14.9 Å². The van der Waals surface area contributed by atoms with E-state index in [1.165, 1.54) is 4.68 Å². The van der Waals surface area contributed by atoms with Gasteiger partial charge in [0.1, 0.15) is 18.1 Å². The summed E-state index contributed by atoms with van der Waals surface area (Å²) in [6.45, 7) is 0.326. The molecule has 1 aliphatic heterocycles. The summed E-state index contributed by atoms with van der Waals surface area (Å²) in [6.07, 6.45) is 1.63. The fourth-order valence-corrected chi connectivity index (χ4v) is 2.92. The first-order valence-corrected chi connectivity index (χ1v) is 9.04. The summed E-state index contributed by atoms with van der Waals surface area (Å²) in [5, 5.41) is 11.3. The second-order valence-electron chi connectivity index (χ2n) is 5.93. The largest absolute Gasteiger partial charge is 0.497 e. The van der Waals surface area contributed by atoms with E-state index in [0.717, 1.165) is 5.56 Å². The third kappa shape index (κ3) is 4.02. The van der Waals surface area contributed by atoms with E-state index in [4.69, 9.17) is 35.9 Å². The lowest BCUT2D eigenvalue weighted by molar-refractivity contribution is 0.171. The SMILES string of the molecule is COc1cccc(OCc2n[nH]c(=S)n2/N=C\c2cc(OC)c3c(c2)OCO3)c1. The van der Waals surface area contributed by atoms with Gasteiger partial charge in [-0.1, -0.05) is 6.07 Å². The molecule has 0 saturated carbocycles. The maximum Gasteiger partial charge on any atom is 0.231 e. The van der Waals surface area contributed by atoms with E-state index in [1.54, 1.807) is 32.6 Å². The standard InChI is InChI=1S/C19H18N4O5S/c1-24-13-4-3-5-14(8-13)26-10-17-21-22-19(29)23(17)20-9-12-6-15(25-2)18-16(7-12)27-11-28-18/h3-9H,10-11H2,1-2H3,(H,22,29)/b20-9-. The van der Waals surface area contributed by atoms with E-state index < -0.39 is 0 Å². The van der Waals surface area contributed by atoms with Gasteiger partial charge in [-0.05, 0) is 36.5 Å². The Labute approximate surface area is 171 Å². The molecule has 1 aliphatic rings. The van der Waals surface area contributed by atoms with Crippen LogP contribution in [0.15, 0.2) is 41.5 Å². The van der Waals surface area contributed by atoms with Crippen LogP contribution in [0.2, 0.25) is 0 Å². The molecule has 10 heteroatoms. The Hall–Kier alpha value is -3.53. The Bertz CT molecular complexity index is 1110. The van der Waals surface area contributed by atoms with Crippen LogP contribution in [-0.4, -0.2) is 42.1 Å². The predicted molar refractivity (Wildman–Crippen MR) is 107 cm³/mol. The summed E-state index contributed by atoms with van der Waals surface area (Å²) >= 11 is 5.27.